The lowest BCUT2D eigenvalue weighted by Crippen LogP contribution is -2.55. The van der Waals surface area contributed by atoms with Crippen LogP contribution in [0.1, 0.15) is 44.9 Å². The highest BCUT2D eigenvalue weighted by Gasteiger charge is 2.32. The second-order valence-corrected chi connectivity index (χ2v) is 5.25. The van der Waals surface area contributed by atoms with Gasteiger partial charge in [-0.15, -0.1) is 0 Å². The van der Waals surface area contributed by atoms with Gasteiger partial charge in [0.2, 0.25) is 5.91 Å². The number of piperidine rings is 1. The van der Waals surface area contributed by atoms with E-state index in [1.165, 1.54) is 12.8 Å². The second kappa shape index (κ2) is 6.07. The van der Waals surface area contributed by atoms with Crippen LogP contribution >= 0.6 is 0 Å². The Morgan fingerprint density at radius 1 is 1.06 bits per heavy atom. The molecule has 3 amide bonds. The summed E-state index contributed by atoms with van der Waals surface area (Å²) in [7, 11) is 1.63. The molecule has 1 atom stereocenters. The maximum absolute atomic E-state index is 12.2. The monoisotopic (exact) mass is 253 g/mol. The Morgan fingerprint density at radius 2 is 1.72 bits per heavy atom. The van der Waals surface area contributed by atoms with Crippen molar-refractivity contribution in [3.8, 4) is 0 Å². The molecule has 1 heterocycles. The van der Waals surface area contributed by atoms with Crippen LogP contribution in [0.15, 0.2) is 0 Å². The normalized spacial score (nSPS) is 24.9. The molecule has 2 N–H and O–H groups in total. The molecule has 0 aromatic rings. The molecule has 18 heavy (non-hydrogen) atoms. The molecule has 102 valence electrons. The minimum absolute atomic E-state index is 0.0451. The zero-order chi connectivity index (χ0) is 13.0. The van der Waals surface area contributed by atoms with Crippen LogP contribution in [0, 0.1) is 0 Å². The fourth-order valence-electron chi connectivity index (χ4n) is 2.94. The van der Waals surface area contributed by atoms with E-state index in [2.05, 4.69) is 10.6 Å². The van der Waals surface area contributed by atoms with Gasteiger partial charge in [0, 0.05) is 19.6 Å². The first kappa shape index (κ1) is 13.2. The maximum atomic E-state index is 12.2. The van der Waals surface area contributed by atoms with Crippen molar-refractivity contribution in [2.75, 3.05) is 13.6 Å². The number of nitrogens with zero attached hydrogens (tertiary/aromatic N) is 1. The highest BCUT2D eigenvalue weighted by Crippen LogP contribution is 2.20. The first-order valence-electron chi connectivity index (χ1n) is 7.01. The number of carbonyl (C=O) groups is 2. The van der Waals surface area contributed by atoms with E-state index in [0.717, 1.165) is 32.1 Å². The third-order valence-corrected chi connectivity index (χ3v) is 4.00. The fourth-order valence-corrected chi connectivity index (χ4v) is 2.94. The van der Waals surface area contributed by atoms with Crippen LogP contribution in [0.25, 0.3) is 0 Å². The predicted molar refractivity (Wildman–Crippen MR) is 69.2 cm³/mol. The van der Waals surface area contributed by atoms with E-state index in [0.29, 0.717) is 12.6 Å². The molecule has 0 aromatic carbocycles. The molecular weight excluding hydrogens is 230 g/mol. The summed E-state index contributed by atoms with van der Waals surface area (Å²) in [4.78, 5) is 25.7. The zero-order valence-corrected chi connectivity index (χ0v) is 11.1. The first-order chi connectivity index (χ1) is 8.72. The molecular formula is C13H23N3O2. The molecule has 1 saturated carbocycles. The van der Waals surface area contributed by atoms with Crippen molar-refractivity contribution in [2.45, 2.75) is 57.0 Å². The molecule has 5 nitrogen and oxygen atoms in total. The van der Waals surface area contributed by atoms with Crippen LogP contribution in [-0.2, 0) is 4.79 Å². The molecule has 1 saturated heterocycles. The summed E-state index contributed by atoms with van der Waals surface area (Å²) in [6, 6.07) is -0.0369. The lowest BCUT2D eigenvalue weighted by atomic mass is 10.0. The van der Waals surface area contributed by atoms with Gasteiger partial charge in [-0.2, -0.15) is 0 Å². The van der Waals surface area contributed by atoms with Crippen LogP contribution in [0.3, 0.4) is 0 Å². The van der Waals surface area contributed by atoms with E-state index >= 15 is 0 Å². The number of likely N-dealkylation sites (tertiary alicyclic amines) is 1. The molecule has 2 rings (SSSR count). The first-order valence-corrected chi connectivity index (χ1v) is 7.01. The van der Waals surface area contributed by atoms with Gasteiger partial charge in [-0.1, -0.05) is 12.8 Å². The minimum Gasteiger partial charge on any atom is -0.357 e. The predicted octanol–water partition coefficient (Wildman–Crippen LogP) is 1.24. The third kappa shape index (κ3) is 2.94. The van der Waals surface area contributed by atoms with Crippen molar-refractivity contribution < 1.29 is 9.59 Å². The highest BCUT2D eigenvalue weighted by atomic mass is 16.2. The number of nitrogens with one attached hydrogen (secondary N) is 2. The number of likely N-dealkylation sites (N-methyl/N-ethyl adjacent to an activating group) is 1. The van der Waals surface area contributed by atoms with E-state index in [1.54, 1.807) is 11.9 Å². The summed E-state index contributed by atoms with van der Waals surface area (Å²) in [6.45, 7) is 0.691. The zero-order valence-electron chi connectivity index (χ0n) is 11.1. The third-order valence-electron chi connectivity index (χ3n) is 4.00. The Balaban J connectivity index is 1.94. The molecule has 1 aliphatic heterocycles. The lowest BCUT2D eigenvalue weighted by molar-refractivity contribution is -0.125. The van der Waals surface area contributed by atoms with Gasteiger partial charge in [0.15, 0.2) is 0 Å². The van der Waals surface area contributed by atoms with Gasteiger partial charge >= 0.3 is 6.03 Å². The Hall–Kier alpha value is -1.26. The van der Waals surface area contributed by atoms with Crippen molar-refractivity contribution in [3.05, 3.63) is 0 Å². The second-order valence-electron chi connectivity index (χ2n) is 5.25. The van der Waals surface area contributed by atoms with Crippen LogP contribution < -0.4 is 10.6 Å². The van der Waals surface area contributed by atoms with E-state index < -0.39 is 0 Å². The molecule has 0 aromatic heterocycles. The Kier molecular flexibility index (Phi) is 4.44. The van der Waals surface area contributed by atoms with Crippen molar-refractivity contribution in [1.29, 1.82) is 0 Å². The van der Waals surface area contributed by atoms with Crippen LogP contribution in [0.5, 0.6) is 0 Å². The fraction of sp³-hybridized carbons (Fsp3) is 0.846. The average Bonchev–Trinajstić information content (AvgIpc) is 2.90. The van der Waals surface area contributed by atoms with Crippen molar-refractivity contribution in [1.82, 2.24) is 15.5 Å². The summed E-state index contributed by atoms with van der Waals surface area (Å²) in [5, 5.41) is 5.72. The van der Waals surface area contributed by atoms with E-state index in [1.807, 2.05) is 0 Å². The smallest absolute Gasteiger partial charge is 0.318 e. The molecule has 2 fully saturated rings. The van der Waals surface area contributed by atoms with Gasteiger partial charge in [-0.25, -0.2) is 4.79 Å². The SMILES string of the molecule is CNC(=O)C1CCCCN1C(=O)NC1CCCC1. The standard InChI is InChI=1S/C13H23N3O2/c1-14-12(17)11-8-4-5-9-16(11)13(18)15-10-6-2-3-7-10/h10-11H,2-9H2,1H3,(H,14,17)(H,15,18). The van der Waals surface area contributed by atoms with Gasteiger partial charge in [0.1, 0.15) is 6.04 Å². The van der Waals surface area contributed by atoms with Gasteiger partial charge in [-0.05, 0) is 32.1 Å². The molecule has 5 heteroatoms. The quantitative estimate of drug-likeness (QED) is 0.778. The van der Waals surface area contributed by atoms with Gasteiger partial charge in [0.25, 0.3) is 0 Å². The molecule has 0 spiro atoms. The Morgan fingerprint density at radius 3 is 2.39 bits per heavy atom. The summed E-state index contributed by atoms with van der Waals surface area (Å²) < 4.78 is 0. The van der Waals surface area contributed by atoms with Gasteiger partial charge < -0.3 is 15.5 Å². The molecule has 1 aliphatic carbocycles. The molecule has 0 radical (unpaired) electrons. The summed E-state index contributed by atoms with van der Waals surface area (Å²) in [6.07, 6.45) is 7.33. The minimum atomic E-state index is -0.287. The molecule has 2 aliphatic rings. The largest absolute Gasteiger partial charge is 0.357 e. The van der Waals surface area contributed by atoms with Crippen LogP contribution in [-0.4, -0.2) is 42.5 Å². The number of carbonyl (C=O) groups excluding carboxylic acids is 2. The highest BCUT2D eigenvalue weighted by molar-refractivity contribution is 5.87. The van der Waals surface area contributed by atoms with Crippen molar-refractivity contribution in [2.24, 2.45) is 0 Å². The van der Waals surface area contributed by atoms with Crippen LogP contribution in [0.2, 0.25) is 0 Å². The van der Waals surface area contributed by atoms with E-state index in [9.17, 15) is 9.59 Å². The Bertz CT molecular complexity index is 313. The summed E-state index contributed by atoms with van der Waals surface area (Å²) in [5.74, 6) is -0.0451. The van der Waals surface area contributed by atoms with E-state index in [-0.39, 0.29) is 18.0 Å². The number of urea groups is 1. The van der Waals surface area contributed by atoms with Crippen molar-refractivity contribution in [3.63, 3.8) is 0 Å². The number of amides is 3. The van der Waals surface area contributed by atoms with E-state index in [4.69, 9.17) is 0 Å². The van der Waals surface area contributed by atoms with Gasteiger partial charge in [0.05, 0.1) is 0 Å². The van der Waals surface area contributed by atoms with Crippen LogP contribution in [0.4, 0.5) is 4.79 Å². The lowest BCUT2D eigenvalue weighted by Gasteiger charge is -2.35. The average molecular weight is 253 g/mol. The summed E-state index contributed by atoms with van der Waals surface area (Å²) >= 11 is 0. The van der Waals surface area contributed by atoms with Crippen molar-refractivity contribution >= 4 is 11.9 Å². The molecule has 0 bridgehead atoms. The topological polar surface area (TPSA) is 61.4 Å². The molecule has 1 unspecified atom stereocenters. The number of hydrogen-bond acceptors (Lipinski definition) is 2. The number of rotatable bonds is 2. The summed E-state index contributed by atoms with van der Waals surface area (Å²) in [5.41, 5.74) is 0. The number of hydrogen-bond donors (Lipinski definition) is 2. The maximum Gasteiger partial charge on any atom is 0.318 e. The Labute approximate surface area is 108 Å². The van der Waals surface area contributed by atoms with Gasteiger partial charge in [-0.3, -0.25) is 4.79 Å².